The number of allylic oxidation sites excluding steroid dienone is 2. The predicted octanol–water partition coefficient (Wildman–Crippen LogP) is 2.87. The van der Waals surface area contributed by atoms with Crippen LogP contribution in [0.5, 0.6) is 0 Å². The standard InChI is InChI=1S/C23H24FN3O4S.C18H16FN3O4S.C5H9Br.CH3F.CH2O3.2Cs.H/c1-5-7-8-13-27(32(4,29)30)21-15(6-2)14-18-19(22(28)25-3)20(31-23(18)26-21)16-9-11-17(24)12-10-16;1-4-10-9-13-14(17(23)20-2)15(11-5-7-12(19)8-6-11)26-18(13)21-16(10)22-27(3,24)25;1-2-3-4-5-6;1-2;2-1-4-3;;;/h5-6,9-12,14H,1-2,7-8,13H2,3-4H3,(H,25,28);4-9H,1H2,2-3H3,(H,20,23)(H,21,22);2H,1,3-5H2;1H3;1,3H;;;/q;;;;;2*+1;-1/p-1/i;;;1D;;;;. The molecule has 0 aliphatic rings. The summed E-state index contributed by atoms with van der Waals surface area (Å²) in [6, 6.07) is 14.1. The van der Waals surface area contributed by atoms with Crippen molar-refractivity contribution in [2.75, 3.05) is 54.7 Å². The van der Waals surface area contributed by atoms with Crippen molar-refractivity contribution >= 4 is 100 Å². The number of pyridine rings is 2. The third kappa shape index (κ3) is 21.2. The Morgan fingerprint density at radius 2 is 1.22 bits per heavy atom. The van der Waals surface area contributed by atoms with Gasteiger partial charge in [0, 0.05) is 48.2 Å². The number of carbonyl (C=O) groups is 3. The topological polar surface area (TPSA) is 243 Å². The quantitative estimate of drug-likeness (QED) is 0.0281. The van der Waals surface area contributed by atoms with E-state index in [1.165, 1.54) is 85.5 Å². The van der Waals surface area contributed by atoms with Crippen LogP contribution in [-0.2, 0) is 29.7 Å². The maximum Gasteiger partial charge on any atom is 1.00 e. The SMILES string of the molecule is C=CCCCBr.C=CCCCN(c1nc2oc(-c3ccc(F)cc3)c(C(=O)NC)c2cc1C=C)S(C)(=O)=O.C=Cc1cc2c(C(=O)NC)c(-c3ccc(F)cc3)oc2nc1NS(C)(=O)=O.O=CO[O-].[2H]CF.[Cs+].[Cs+].[H-]. The van der Waals surface area contributed by atoms with Gasteiger partial charge in [-0.05, 0) is 86.3 Å². The number of rotatable bonds is 18. The van der Waals surface area contributed by atoms with E-state index in [-0.39, 0.29) is 198 Å². The monoisotopic (exact) mass is 1360 g/mol. The van der Waals surface area contributed by atoms with Gasteiger partial charge in [-0.3, -0.25) is 27.8 Å². The molecule has 2 aromatic carbocycles. The molecule has 0 atom stereocenters. The second-order valence-electron chi connectivity index (χ2n) is 14.2. The van der Waals surface area contributed by atoms with E-state index >= 15 is 0 Å². The zero-order chi connectivity index (χ0) is 54.2. The molecule has 0 saturated carbocycles. The van der Waals surface area contributed by atoms with Gasteiger partial charge in [-0.1, -0.05) is 53.4 Å². The van der Waals surface area contributed by atoms with Gasteiger partial charge in [-0.15, -0.1) is 13.2 Å². The molecule has 0 spiro atoms. The summed E-state index contributed by atoms with van der Waals surface area (Å²) in [5, 5.41) is 15.4. The molecule has 0 radical (unpaired) electrons. The van der Waals surface area contributed by atoms with Gasteiger partial charge >= 0.3 is 138 Å². The van der Waals surface area contributed by atoms with E-state index in [0.717, 1.165) is 24.3 Å². The number of nitrogens with zero attached hydrogens (tertiary/aromatic N) is 3. The van der Waals surface area contributed by atoms with Crippen LogP contribution in [0.4, 0.5) is 24.8 Å². The van der Waals surface area contributed by atoms with Crippen molar-refractivity contribution in [1.82, 2.24) is 20.6 Å². The van der Waals surface area contributed by atoms with Crippen LogP contribution in [0.25, 0.3) is 57.0 Å². The number of hydrogen-bond donors (Lipinski definition) is 3. The van der Waals surface area contributed by atoms with Crippen LogP contribution >= 0.6 is 15.9 Å². The summed E-state index contributed by atoms with van der Waals surface area (Å²) in [5.41, 5.74) is 2.34. The molecule has 3 N–H and O–H groups in total. The van der Waals surface area contributed by atoms with Gasteiger partial charge in [0.1, 0.15) is 23.2 Å². The number of benzene rings is 2. The van der Waals surface area contributed by atoms with Crippen molar-refractivity contribution in [2.24, 2.45) is 0 Å². The molecule has 6 aromatic rings. The van der Waals surface area contributed by atoms with E-state index in [2.05, 4.69) is 72.5 Å². The number of halogens is 4. The van der Waals surface area contributed by atoms with Gasteiger partial charge in [-0.25, -0.2) is 25.6 Å². The minimum atomic E-state index is -3.65. The fourth-order valence-corrected chi connectivity index (χ4v) is 7.93. The van der Waals surface area contributed by atoms with E-state index < -0.39 is 50.6 Å². The van der Waals surface area contributed by atoms with Crippen LogP contribution < -0.4 is 163 Å². The molecule has 384 valence electrons. The molecule has 0 saturated heterocycles. The Labute approximate surface area is 551 Å². The Bertz CT molecular complexity index is 3070. The molecule has 0 fully saturated rings. The average Bonchev–Trinajstić information content (AvgIpc) is 3.91. The first-order valence-corrected chi connectivity index (χ1v) is 25.5. The molecule has 0 unspecified atom stereocenters. The number of fused-ring (bicyclic) bond motifs is 2. The fraction of sp³-hybridized carbons (Fsp3) is 0.229. The van der Waals surface area contributed by atoms with Crippen LogP contribution in [0.3, 0.4) is 0 Å². The molecule has 25 heteroatoms. The number of nitrogens with one attached hydrogen (secondary N) is 3. The predicted molar refractivity (Wildman–Crippen MR) is 274 cm³/mol. The number of anilines is 2. The van der Waals surface area contributed by atoms with E-state index in [1.54, 1.807) is 18.2 Å². The number of aromatic nitrogens is 2. The Hall–Kier alpha value is -2.98. The molecule has 6 rings (SSSR count). The van der Waals surface area contributed by atoms with E-state index in [4.69, 9.17) is 20.3 Å². The van der Waals surface area contributed by atoms with Crippen molar-refractivity contribution < 1.29 is 204 Å². The molecule has 0 bridgehead atoms. The Morgan fingerprint density at radius 1 is 0.808 bits per heavy atom. The molecular weight excluding hydrogens is 1300 g/mol. The van der Waals surface area contributed by atoms with E-state index in [1.807, 2.05) is 6.08 Å². The first-order valence-electron chi connectivity index (χ1n) is 21.4. The van der Waals surface area contributed by atoms with E-state index in [9.17, 15) is 39.6 Å². The van der Waals surface area contributed by atoms with Gasteiger partial charge in [0.15, 0.2) is 11.6 Å². The summed E-state index contributed by atoms with van der Waals surface area (Å²) in [6.07, 6.45) is 12.2. The summed E-state index contributed by atoms with van der Waals surface area (Å²) < 4.78 is 105. The summed E-state index contributed by atoms with van der Waals surface area (Å²) in [7, 11) is -5.29. The van der Waals surface area contributed by atoms with Gasteiger partial charge in [0.25, 0.3) is 18.3 Å². The van der Waals surface area contributed by atoms with Gasteiger partial charge in [0.05, 0.1) is 42.9 Å². The van der Waals surface area contributed by atoms with Crippen LogP contribution in [-0.4, -0.2) is 90.7 Å². The largest absolute Gasteiger partial charge is 1.00 e. The summed E-state index contributed by atoms with van der Waals surface area (Å²) in [5.74, 6) is -1.11. The molecule has 4 aromatic heterocycles. The van der Waals surface area contributed by atoms with Crippen molar-refractivity contribution in [3.8, 4) is 22.6 Å². The number of amides is 2. The van der Waals surface area contributed by atoms with Crippen LogP contribution in [0.15, 0.2) is 108 Å². The molecule has 4 heterocycles. The van der Waals surface area contributed by atoms with E-state index in [0.29, 0.717) is 45.9 Å². The smallest absolute Gasteiger partial charge is 1.00 e. The van der Waals surface area contributed by atoms with Crippen molar-refractivity contribution in [1.29, 1.82) is 0 Å². The first-order chi connectivity index (χ1) is 34.2. The molecule has 73 heavy (non-hydrogen) atoms. The minimum absolute atomic E-state index is 0. The third-order valence-electron chi connectivity index (χ3n) is 9.23. The number of hydrogen-bond acceptors (Lipinski definition) is 13. The Kier molecular flexibility index (Phi) is 33.0. The van der Waals surface area contributed by atoms with Gasteiger partial charge in [0.2, 0.25) is 31.5 Å². The average molecular weight is 1360 g/mol. The fourth-order valence-electron chi connectivity index (χ4n) is 6.17. The molecular formula is C48H54BrCs2F3N6O11S2. The summed E-state index contributed by atoms with van der Waals surface area (Å²) in [6.45, 7) is 14.7. The van der Waals surface area contributed by atoms with Gasteiger partial charge < -0.3 is 31.0 Å². The van der Waals surface area contributed by atoms with Crippen LogP contribution in [0.2, 0.25) is 0 Å². The second kappa shape index (κ2) is 35.4. The van der Waals surface area contributed by atoms with Crippen molar-refractivity contribution in [3.63, 3.8) is 0 Å². The Morgan fingerprint density at radius 3 is 1.56 bits per heavy atom. The minimum Gasteiger partial charge on any atom is -1.00 e. The molecule has 2 amide bonds. The number of alkyl halides is 2. The molecule has 0 aliphatic heterocycles. The summed E-state index contributed by atoms with van der Waals surface area (Å²) >= 11 is 3.30. The molecule has 0 aliphatic carbocycles. The number of carbonyl (C=O) groups excluding carboxylic acids is 3. The maximum atomic E-state index is 13.4. The second-order valence-corrected chi connectivity index (χ2v) is 18.6. The van der Waals surface area contributed by atoms with Crippen molar-refractivity contribution in [2.45, 2.75) is 25.7 Å². The first kappa shape index (κ1) is 68.0. The number of unbranched alkanes of at least 4 members (excludes halogenated alkanes) is 2. The molecule has 17 nitrogen and oxygen atoms in total. The zero-order valence-corrected chi connectivity index (χ0v) is 56.9. The third-order valence-corrected chi connectivity index (χ3v) is 11.5. The Balaban J connectivity index is 0. The maximum absolute atomic E-state index is 13.4. The number of sulfonamides is 2. The summed E-state index contributed by atoms with van der Waals surface area (Å²) in [4.78, 5) is 45.0. The normalized spacial score (nSPS) is 10.4. The number of furan rings is 2. The van der Waals surface area contributed by atoms with Crippen LogP contribution in [0, 0.1) is 11.6 Å². The zero-order valence-electron chi connectivity index (χ0n) is 43.1. The van der Waals surface area contributed by atoms with Crippen LogP contribution in [0.1, 0.15) is 60.3 Å². The van der Waals surface area contributed by atoms with Gasteiger partial charge in [-0.2, -0.15) is 9.97 Å². The van der Waals surface area contributed by atoms with Crippen molar-refractivity contribution in [3.05, 3.63) is 133 Å².